The maximum Gasteiger partial charge on any atom is 0.310 e. The molecule has 0 amide bonds. The van der Waals surface area contributed by atoms with E-state index in [4.69, 9.17) is 16.3 Å². The number of esters is 1. The van der Waals surface area contributed by atoms with Gasteiger partial charge in [-0.3, -0.25) is 4.79 Å². The molecule has 2 atom stereocenters. The molecular weight excluding hydrogens is 260 g/mol. The number of allylic oxidation sites excluding steroid dienone is 2. The molecule has 0 radical (unpaired) electrons. The predicted molar refractivity (Wildman–Crippen MR) is 76.8 cm³/mol. The summed E-state index contributed by atoms with van der Waals surface area (Å²) in [4.78, 5) is 12.1. The van der Waals surface area contributed by atoms with Crippen LogP contribution in [0.4, 0.5) is 0 Å². The Labute approximate surface area is 119 Å². The zero-order valence-electron chi connectivity index (χ0n) is 11.5. The number of ether oxygens (including phenoxy) is 1. The van der Waals surface area contributed by atoms with E-state index in [-0.39, 0.29) is 17.3 Å². The van der Waals surface area contributed by atoms with Gasteiger partial charge < -0.3 is 4.74 Å². The van der Waals surface area contributed by atoms with Gasteiger partial charge >= 0.3 is 5.97 Å². The lowest BCUT2D eigenvalue weighted by molar-refractivity contribution is -0.147. The van der Waals surface area contributed by atoms with E-state index >= 15 is 0 Å². The molecule has 2 unspecified atom stereocenters. The number of rotatable bonds is 4. The highest BCUT2D eigenvalue weighted by molar-refractivity contribution is 6.30. The van der Waals surface area contributed by atoms with Gasteiger partial charge in [-0.1, -0.05) is 49.7 Å². The SMILES string of the molecule is C/C=C/C1C(C(=O)OCc2ccc(Cl)cc2)C1(C)C. The first-order valence-corrected chi connectivity index (χ1v) is 6.88. The minimum absolute atomic E-state index is 0.0174. The predicted octanol–water partition coefficient (Wildman–Crippen LogP) is 4.23. The highest BCUT2D eigenvalue weighted by Crippen LogP contribution is 2.59. The summed E-state index contributed by atoms with van der Waals surface area (Å²) < 4.78 is 5.39. The summed E-state index contributed by atoms with van der Waals surface area (Å²) >= 11 is 5.81. The van der Waals surface area contributed by atoms with Crippen molar-refractivity contribution in [3.63, 3.8) is 0 Å². The molecule has 2 rings (SSSR count). The van der Waals surface area contributed by atoms with Crippen LogP contribution in [-0.4, -0.2) is 5.97 Å². The van der Waals surface area contributed by atoms with Crippen molar-refractivity contribution < 1.29 is 9.53 Å². The molecule has 0 bridgehead atoms. The molecule has 3 heteroatoms. The molecule has 0 heterocycles. The van der Waals surface area contributed by atoms with E-state index in [2.05, 4.69) is 19.9 Å². The second-order valence-corrected chi connectivity index (χ2v) is 6.02. The lowest BCUT2D eigenvalue weighted by atomic mass is 10.1. The smallest absolute Gasteiger partial charge is 0.310 e. The summed E-state index contributed by atoms with van der Waals surface area (Å²) in [5.74, 6) is 0.175. The van der Waals surface area contributed by atoms with Gasteiger partial charge in [0.2, 0.25) is 0 Å². The largest absolute Gasteiger partial charge is 0.461 e. The molecule has 1 fully saturated rings. The third-order valence-corrected chi connectivity index (χ3v) is 4.11. The Bertz CT molecular complexity index is 488. The molecular formula is C16H19ClO2. The number of hydrogen-bond acceptors (Lipinski definition) is 2. The van der Waals surface area contributed by atoms with Gasteiger partial charge in [-0.2, -0.15) is 0 Å². The normalized spacial score (nSPS) is 24.4. The maximum absolute atomic E-state index is 12.1. The Morgan fingerprint density at radius 1 is 1.37 bits per heavy atom. The second-order valence-electron chi connectivity index (χ2n) is 5.58. The molecule has 0 spiro atoms. The van der Waals surface area contributed by atoms with Crippen molar-refractivity contribution in [2.24, 2.45) is 17.3 Å². The Balaban J connectivity index is 1.91. The van der Waals surface area contributed by atoms with Gasteiger partial charge in [-0.05, 0) is 36.0 Å². The van der Waals surface area contributed by atoms with Gasteiger partial charge in [0.15, 0.2) is 0 Å². The molecule has 0 aliphatic heterocycles. The Hall–Kier alpha value is -1.28. The molecule has 2 nitrogen and oxygen atoms in total. The van der Waals surface area contributed by atoms with Crippen LogP contribution in [0, 0.1) is 17.3 Å². The van der Waals surface area contributed by atoms with Gasteiger partial charge in [-0.15, -0.1) is 0 Å². The monoisotopic (exact) mass is 278 g/mol. The van der Waals surface area contributed by atoms with Gasteiger partial charge in [0, 0.05) is 5.02 Å². The van der Waals surface area contributed by atoms with E-state index < -0.39 is 0 Å². The van der Waals surface area contributed by atoms with Crippen molar-refractivity contribution >= 4 is 17.6 Å². The van der Waals surface area contributed by atoms with E-state index in [0.29, 0.717) is 17.5 Å². The molecule has 0 saturated heterocycles. The fraction of sp³-hybridized carbons (Fsp3) is 0.438. The fourth-order valence-electron chi connectivity index (χ4n) is 2.52. The van der Waals surface area contributed by atoms with Crippen LogP contribution in [-0.2, 0) is 16.1 Å². The van der Waals surface area contributed by atoms with Crippen molar-refractivity contribution in [1.29, 1.82) is 0 Å². The van der Waals surface area contributed by atoms with Crippen LogP contribution in [0.15, 0.2) is 36.4 Å². The zero-order valence-corrected chi connectivity index (χ0v) is 12.3. The van der Waals surface area contributed by atoms with E-state index in [1.165, 1.54) is 0 Å². The van der Waals surface area contributed by atoms with Crippen molar-refractivity contribution in [2.45, 2.75) is 27.4 Å². The summed E-state index contributed by atoms with van der Waals surface area (Å²) in [7, 11) is 0. The van der Waals surface area contributed by atoms with E-state index in [9.17, 15) is 4.79 Å². The molecule has 1 aliphatic carbocycles. The van der Waals surface area contributed by atoms with Crippen LogP contribution in [0.25, 0.3) is 0 Å². The van der Waals surface area contributed by atoms with Crippen LogP contribution in [0.1, 0.15) is 26.3 Å². The van der Waals surface area contributed by atoms with Gasteiger partial charge in [0.1, 0.15) is 6.61 Å². The van der Waals surface area contributed by atoms with Crippen LogP contribution >= 0.6 is 11.6 Å². The summed E-state index contributed by atoms with van der Waals surface area (Å²) in [5.41, 5.74) is 0.975. The molecule has 1 aliphatic rings. The third-order valence-electron chi connectivity index (χ3n) is 3.86. The van der Waals surface area contributed by atoms with Crippen LogP contribution in [0.2, 0.25) is 5.02 Å². The highest BCUT2D eigenvalue weighted by Gasteiger charge is 2.61. The molecule has 0 N–H and O–H groups in total. The summed E-state index contributed by atoms with van der Waals surface area (Å²) in [6.07, 6.45) is 4.09. The van der Waals surface area contributed by atoms with Gasteiger partial charge in [-0.25, -0.2) is 0 Å². The lowest BCUT2D eigenvalue weighted by Gasteiger charge is -2.06. The fourth-order valence-corrected chi connectivity index (χ4v) is 2.65. The third kappa shape index (κ3) is 3.01. The topological polar surface area (TPSA) is 26.3 Å². The average Bonchev–Trinajstić information content (AvgIpc) is 2.91. The van der Waals surface area contributed by atoms with Crippen LogP contribution in [0.5, 0.6) is 0 Å². The number of halogens is 1. The van der Waals surface area contributed by atoms with Crippen molar-refractivity contribution in [1.82, 2.24) is 0 Å². The molecule has 19 heavy (non-hydrogen) atoms. The number of carbonyl (C=O) groups excluding carboxylic acids is 1. The highest BCUT2D eigenvalue weighted by atomic mass is 35.5. The molecule has 0 aromatic heterocycles. The maximum atomic E-state index is 12.1. The summed E-state index contributed by atoms with van der Waals surface area (Å²) in [6, 6.07) is 7.34. The first-order valence-electron chi connectivity index (χ1n) is 6.50. The summed E-state index contributed by atoms with van der Waals surface area (Å²) in [6.45, 7) is 6.49. The number of benzene rings is 1. The average molecular weight is 279 g/mol. The van der Waals surface area contributed by atoms with Gasteiger partial charge in [0.25, 0.3) is 0 Å². The van der Waals surface area contributed by atoms with Crippen molar-refractivity contribution in [2.75, 3.05) is 0 Å². The van der Waals surface area contributed by atoms with E-state index in [1.807, 2.05) is 25.1 Å². The van der Waals surface area contributed by atoms with Crippen LogP contribution < -0.4 is 0 Å². The quantitative estimate of drug-likeness (QED) is 0.608. The van der Waals surface area contributed by atoms with Gasteiger partial charge in [0.05, 0.1) is 5.92 Å². The zero-order chi connectivity index (χ0) is 14.0. The second kappa shape index (κ2) is 5.38. The minimum atomic E-state index is -0.108. The molecule has 102 valence electrons. The van der Waals surface area contributed by atoms with E-state index in [1.54, 1.807) is 12.1 Å². The Morgan fingerprint density at radius 3 is 2.58 bits per heavy atom. The first-order chi connectivity index (χ1) is 8.96. The summed E-state index contributed by atoms with van der Waals surface area (Å²) in [5, 5.41) is 0.687. The van der Waals surface area contributed by atoms with Crippen molar-refractivity contribution in [3.8, 4) is 0 Å². The first kappa shape index (κ1) is 14.1. The lowest BCUT2D eigenvalue weighted by Crippen LogP contribution is -2.10. The molecule has 1 saturated carbocycles. The Morgan fingerprint density at radius 2 is 2.00 bits per heavy atom. The molecule has 1 aromatic carbocycles. The van der Waals surface area contributed by atoms with Crippen LogP contribution in [0.3, 0.4) is 0 Å². The standard InChI is InChI=1S/C16H19ClO2/c1-4-5-13-14(16(13,2)3)15(18)19-10-11-6-8-12(17)9-7-11/h4-9,13-14H,10H2,1-3H3/b5-4+. The van der Waals surface area contributed by atoms with E-state index in [0.717, 1.165) is 5.56 Å². The number of hydrogen-bond donors (Lipinski definition) is 0. The minimum Gasteiger partial charge on any atom is -0.461 e. The number of carbonyl (C=O) groups is 1. The molecule has 1 aromatic rings. The van der Waals surface area contributed by atoms with Crippen molar-refractivity contribution in [3.05, 3.63) is 47.0 Å². The Kier molecular flexibility index (Phi) is 4.00.